The van der Waals surface area contributed by atoms with E-state index in [1.807, 2.05) is 47.8 Å². The van der Waals surface area contributed by atoms with Gasteiger partial charge in [-0.15, -0.1) is 11.3 Å². The Labute approximate surface area is 185 Å². The molecular formula is C23H26N4O3S. The highest BCUT2D eigenvalue weighted by Crippen LogP contribution is 2.24. The van der Waals surface area contributed by atoms with E-state index in [1.165, 1.54) is 11.3 Å². The summed E-state index contributed by atoms with van der Waals surface area (Å²) in [6.45, 7) is 5.32. The van der Waals surface area contributed by atoms with Crippen LogP contribution in [0.1, 0.15) is 26.3 Å². The van der Waals surface area contributed by atoms with Crippen LogP contribution in [0.5, 0.6) is 0 Å². The van der Waals surface area contributed by atoms with E-state index in [9.17, 15) is 9.59 Å². The van der Waals surface area contributed by atoms with Crippen molar-refractivity contribution >= 4 is 34.2 Å². The maximum Gasteiger partial charge on any atom is 0.408 e. The Bertz CT molecular complexity index is 1030. The highest BCUT2D eigenvalue weighted by Gasteiger charge is 2.25. The van der Waals surface area contributed by atoms with Crippen LogP contribution < -0.4 is 16.4 Å². The molecule has 2 aromatic carbocycles. The first-order valence-electron chi connectivity index (χ1n) is 9.85. The summed E-state index contributed by atoms with van der Waals surface area (Å²) in [6, 6.07) is 16.0. The lowest BCUT2D eigenvalue weighted by Crippen LogP contribution is -2.47. The van der Waals surface area contributed by atoms with Crippen molar-refractivity contribution in [2.24, 2.45) is 0 Å². The lowest BCUT2D eigenvalue weighted by atomic mass is 10.1. The average Bonchev–Trinajstić information content (AvgIpc) is 3.14. The van der Waals surface area contributed by atoms with Gasteiger partial charge in [0.2, 0.25) is 5.91 Å². The zero-order valence-electron chi connectivity index (χ0n) is 17.7. The van der Waals surface area contributed by atoms with Crippen molar-refractivity contribution in [2.75, 3.05) is 11.1 Å². The molecule has 0 aliphatic heterocycles. The van der Waals surface area contributed by atoms with Crippen molar-refractivity contribution in [3.8, 4) is 11.3 Å². The van der Waals surface area contributed by atoms with Gasteiger partial charge in [0, 0.05) is 23.1 Å². The number of hydrogen-bond donors (Lipinski definition) is 3. The lowest BCUT2D eigenvalue weighted by molar-refractivity contribution is -0.118. The van der Waals surface area contributed by atoms with Gasteiger partial charge < -0.3 is 21.1 Å². The molecule has 1 atom stereocenters. The van der Waals surface area contributed by atoms with E-state index < -0.39 is 17.7 Å². The number of nitrogen functional groups attached to an aromatic ring is 1. The zero-order valence-corrected chi connectivity index (χ0v) is 18.5. The Morgan fingerprint density at radius 1 is 1.10 bits per heavy atom. The smallest absolute Gasteiger partial charge is 0.408 e. The third kappa shape index (κ3) is 6.82. The van der Waals surface area contributed by atoms with E-state index >= 15 is 0 Å². The Kier molecular flexibility index (Phi) is 6.91. The molecule has 4 N–H and O–H groups in total. The minimum Gasteiger partial charge on any atom is -0.444 e. The van der Waals surface area contributed by atoms with Crippen molar-refractivity contribution in [1.82, 2.24) is 10.3 Å². The summed E-state index contributed by atoms with van der Waals surface area (Å²) in [5, 5.41) is 7.93. The van der Waals surface area contributed by atoms with Gasteiger partial charge in [0.15, 0.2) is 5.13 Å². The zero-order chi connectivity index (χ0) is 22.4. The van der Waals surface area contributed by atoms with Gasteiger partial charge in [-0.05, 0) is 38.5 Å². The van der Waals surface area contributed by atoms with E-state index in [-0.39, 0.29) is 5.91 Å². The van der Waals surface area contributed by atoms with Crippen LogP contribution >= 0.6 is 11.3 Å². The third-order valence-corrected chi connectivity index (χ3v) is 4.93. The lowest BCUT2D eigenvalue weighted by Gasteiger charge is -2.23. The number of nitrogens with zero attached hydrogens (tertiary/aromatic N) is 1. The molecule has 8 heteroatoms. The molecule has 0 aliphatic rings. The van der Waals surface area contributed by atoms with Crippen LogP contribution in [0.15, 0.2) is 60.0 Å². The molecule has 162 valence electrons. The molecule has 31 heavy (non-hydrogen) atoms. The summed E-state index contributed by atoms with van der Waals surface area (Å²) >= 11 is 1.37. The maximum absolute atomic E-state index is 13.0. The quantitative estimate of drug-likeness (QED) is 0.527. The molecule has 0 spiro atoms. The van der Waals surface area contributed by atoms with Crippen molar-refractivity contribution in [3.05, 3.63) is 65.5 Å². The number of carbonyl (C=O) groups excluding carboxylic acids is 2. The van der Waals surface area contributed by atoms with Crippen molar-refractivity contribution in [3.63, 3.8) is 0 Å². The van der Waals surface area contributed by atoms with Gasteiger partial charge in [0.1, 0.15) is 11.6 Å². The van der Waals surface area contributed by atoms with Crippen LogP contribution in [0.2, 0.25) is 0 Å². The van der Waals surface area contributed by atoms with Gasteiger partial charge in [-0.1, -0.05) is 42.5 Å². The number of alkyl carbamates (subject to hydrolysis) is 1. The number of carbonyl (C=O) groups is 2. The van der Waals surface area contributed by atoms with E-state index in [0.717, 1.165) is 16.8 Å². The molecule has 3 rings (SSSR count). The van der Waals surface area contributed by atoms with Crippen LogP contribution in [0.25, 0.3) is 11.3 Å². The number of anilines is 2. The minimum atomic E-state index is -0.796. The SMILES string of the molecule is CC(C)(C)OC(=O)NC(Cc1ccccc1)C(=O)Nc1ccc(-c2csc(N)n2)cc1. The fourth-order valence-corrected chi connectivity index (χ4v) is 3.45. The molecule has 0 saturated heterocycles. The monoisotopic (exact) mass is 438 g/mol. The molecule has 0 fully saturated rings. The molecule has 1 heterocycles. The summed E-state index contributed by atoms with van der Waals surface area (Å²) < 4.78 is 5.33. The van der Waals surface area contributed by atoms with Gasteiger partial charge in [-0.3, -0.25) is 4.79 Å². The Hall–Kier alpha value is -3.39. The number of rotatable bonds is 6. The molecule has 1 unspecified atom stereocenters. The maximum atomic E-state index is 13.0. The number of thiazole rings is 1. The summed E-state index contributed by atoms with van der Waals surface area (Å²) in [7, 11) is 0. The molecule has 7 nitrogen and oxygen atoms in total. The average molecular weight is 439 g/mol. The van der Waals surface area contributed by atoms with E-state index in [1.54, 1.807) is 32.9 Å². The van der Waals surface area contributed by atoms with Crippen LogP contribution in [-0.2, 0) is 16.0 Å². The normalized spacial score (nSPS) is 12.1. The standard InChI is InChI=1S/C23H26N4O3S/c1-23(2,3)30-22(29)27-18(13-15-7-5-4-6-8-15)20(28)25-17-11-9-16(10-12-17)19-14-31-21(24)26-19/h4-12,14,18H,13H2,1-3H3,(H2,24,26)(H,25,28)(H,27,29). The van der Waals surface area contributed by atoms with Gasteiger partial charge in [-0.25, -0.2) is 9.78 Å². The third-order valence-electron chi connectivity index (χ3n) is 4.26. The summed E-state index contributed by atoms with van der Waals surface area (Å²) in [6.07, 6.45) is -0.303. The molecule has 0 radical (unpaired) electrons. The molecule has 0 aliphatic carbocycles. The Morgan fingerprint density at radius 2 is 1.77 bits per heavy atom. The van der Waals surface area contributed by atoms with Gasteiger partial charge >= 0.3 is 6.09 Å². The first kappa shape index (κ1) is 22.3. The second-order valence-corrected chi connectivity index (χ2v) is 8.92. The highest BCUT2D eigenvalue weighted by atomic mass is 32.1. The fourth-order valence-electron chi connectivity index (χ4n) is 2.88. The Morgan fingerprint density at radius 3 is 2.35 bits per heavy atom. The molecule has 1 aromatic heterocycles. The number of hydrogen-bond acceptors (Lipinski definition) is 6. The molecule has 0 saturated carbocycles. The van der Waals surface area contributed by atoms with Crippen LogP contribution in [-0.4, -0.2) is 28.6 Å². The number of nitrogens with one attached hydrogen (secondary N) is 2. The van der Waals surface area contributed by atoms with E-state index in [4.69, 9.17) is 10.5 Å². The van der Waals surface area contributed by atoms with Gasteiger partial charge in [-0.2, -0.15) is 0 Å². The topological polar surface area (TPSA) is 106 Å². The first-order chi connectivity index (χ1) is 14.7. The summed E-state index contributed by atoms with van der Waals surface area (Å²) in [4.78, 5) is 29.5. The molecule has 3 aromatic rings. The number of aromatic nitrogens is 1. The predicted molar refractivity (Wildman–Crippen MR) is 124 cm³/mol. The summed E-state index contributed by atoms with van der Waals surface area (Å²) in [5.74, 6) is -0.333. The van der Waals surface area contributed by atoms with Gasteiger partial charge in [0.25, 0.3) is 0 Å². The number of benzene rings is 2. The second kappa shape index (κ2) is 9.61. The second-order valence-electron chi connectivity index (χ2n) is 8.03. The largest absolute Gasteiger partial charge is 0.444 e. The van der Waals surface area contributed by atoms with Crippen molar-refractivity contribution < 1.29 is 14.3 Å². The van der Waals surface area contributed by atoms with Crippen LogP contribution in [0, 0.1) is 0 Å². The fraction of sp³-hybridized carbons (Fsp3) is 0.261. The molecular weight excluding hydrogens is 412 g/mol. The van der Waals surface area contributed by atoms with E-state index in [0.29, 0.717) is 17.2 Å². The predicted octanol–water partition coefficient (Wildman–Crippen LogP) is 4.47. The summed E-state index contributed by atoms with van der Waals surface area (Å²) in [5.41, 5.74) is 8.26. The molecule has 2 amide bonds. The van der Waals surface area contributed by atoms with Crippen LogP contribution in [0.3, 0.4) is 0 Å². The van der Waals surface area contributed by atoms with Crippen LogP contribution in [0.4, 0.5) is 15.6 Å². The number of amides is 2. The van der Waals surface area contributed by atoms with Gasteiger partial charge in [0.05, 0.1) is 5.69 Å². The number of nitrogens with two attached hydrogens (primary N) is 1. The van der Waals surface area contributed by atoms with E-state index in [2.05, 4.69) is 15.6 Å². The minimum absolute atomic E-state index is 0.333. The highest BCUT2D eigenvalue weighted by molar-refractivity contribution is 7.13. The van der Waals surface area contributed by atoms with Crippen molar-refractivity contribution in [1.29, 1.82) is 0 Å². The van der Waals surface area contributed by atoms with Crippen molar-refractivity contribution in [2.45, 2.75) is 38.8 Å². The molecule has 0 bridgehead atoms. The number of ether oxygens (including phenoxy) is 1. The Balaban J connectivity index is 1.71. The first-order valence-corrected chi connectivity index (χ1v) is 10.7.